The van der Waals surface area contributed by atoms with Gasteiger partial charge in [0.1, 0.15) is 0 Å². The van der Waals surface area contributed by atoms with Crippen LogP contribution in [0.2, 0.25) is 0 Å². The van der Waals surface area contributed by atoms with Crippen LogP contribution in [0.1, 0.15) is 86.0 Å². The second kappa shape index (κ2) is 8.19. The molecule has 0 aromatic heterocycles. The summed E-state index contributed by atoms with van der Waals surface area (Å²) in [5.41, 5.74) is 0.518. The first-order chi connectivity index (χ1) is 6.99. The first kappa shape index (κ1) is 15.0. The minimum atomic E-state index is 0.518. The van der Waals surface area contributed by atoms with E-state index in [1.807, 2.05) is 0 Å². The standard InChI is InChI=1S/C15H32/c1-6-8-10-12-14(11-9-7-2)13-15(3,4)5/h14H,6-13H2,1-5H3. The number of unbranched alkanes of at least 4 members (excludes halogenated alkanes) is 3. The Kier molecular flexibility index (Phi) is 8.19. The lowest BCUT2D eigenvalue weighted by molar-refractivity contribution is 0.261. The molecule has 0 saturated carbocycles. The smallest absolute Gasteiger partial charge is 0.0380 e. The summed E-state index contributed by atoms with van der Waals surface area (Å²) in [7, 11) is 0. The maximum atomic E-state index is 2.38. The van der Waals surface area contributed by atoms with Crippen LogP contribution in [-0.2, 0) is 0 Å². The summed E-state index contributed by atoms with van der Waals surface area (Å²) >= 11 is 0. The molecule has 0 fully saturated rings. The van der Waals surface area contributed by atoms with Crippen LogP contribution in [0, 0.1) is 11.3 Å². The molecule has 0 aromatic carbocycles. The summed E-state index contributed by atoms with van der Waals surface area (Å²) in [5, 5.41) is 0. The fraction of sp³-hybridized carbons (Fsp3) is 1.00. The molecule has 0 spiro atoms. The van der Waals surface area contributed by atoms with Crippen LogP contribution >= 0.6 is 0 Å². The predicted octanol–water partition coefficient (Wildman–Crippen LogP) is 5.81. The Morgan fingerprint density at radius 3 is 1.80 bits per heavy atom. The van der Waals surface area contributed by atoms with Crippen LogP contribution in [0.4, 0.5) is 0 Å². The monoisotopic (exact) mass is 212 g/mol. The maximum Gasteiger partial charge on any atom is -0.0380 e. The zero-order chi connectivity index (χ0) is 11.7. The van der Waals surface area contributed by atoms with E-state index in [1.165, 1.54) is 51.4 Å². The van der Waals surface area contributed by atoms with Gasteiger partial charge in [-0.1, -0.05) is 79.6 Å². The van der Waals surface area contributed by atoms with Crippen LogP contribution in [0.25, 0.3) is 0 Å². The number of rotatable bonds is 8. The minimum absolute atomic E-state index is 0.518. The van der Waals surface area contributed by atoms with Gasteiger partial charge in [-0.25, -0.2) is 0 Å². The molecule has 0 N–H and O–H groups in total. The van der Waals surface area contributed by atoms with Gasteiger partial charge in [0.25, 0.3) is 0 Å². The molecule has 1 atom stereocenters. The highest BCUT2D eigenvalue weighted by Crippen LogP contribution is 2.30. The third kappa shape index (κ3) is 10.3. The van der Waals surface area contributed by atoms with Crippen molar-refractivity contribution in [2.75, 3.05) is 0 Å². The first-order valence-electron chi connectivity index (χ1n) is 6.99. The lowest BCUT2D eigenvalue weighted by Crippen LogP contribution is -2.13. The van der Waals surface area contributed by atoms with Gasteiger partial charge in [0.2, 0.25) is 0 Å². The molecule has 0 amide bonds. The first-order valence-corrected chi connectivity index (χ1v) is 6.99. The number of hydrogen-bond donors (Lipinski definition) is 0. The average Bonchev–Trinajstić information content (AvgIpc) is 2.12. The van der Waals surface area contributed by atoms with Gasteiger partial charge in [-0.15, -0.1) is 0 Å². The number of hydrogen-bond acceptors (Lipinski definition) is 0. The lowest BCUT2D eigenvalue weighted by Gasteiger charge is -2.26. The van der Waals surface area contributed by atoms with Crippen molar-refractivity contribution >= 4 is 0 Å². The SMILES string of the molecule is CCCCCC(CCCC)CC(C)(C)C. The highest BCUT2D eigenvalue weighted by atomic mass is 14.2. The molecule has 0 rings (SSSR count). The molecule has 0 nitrogen and oxygen atoms in total. The second-order valence-electron chi connectivity index (χ2n) is 6.27. The van der Waals surface area contributed by atoms with E-state index in [-0.39, 0.29) is 0 Å². The van der Waals surface area contributed by atoms with Gasteiger partial charge in [0.15, 0.2) is 0 Å². The van der Waals surface area contributed by atoms with E-state index in [2.05, 4.69) is 34.6 Å². The van der Waals surface area contributed by atoms with Crippen molar-refractivity contribution in [3.8, 4) is 0 Å². The summed E-state index contributed by atoms with van der Waals surface area (Å²) in [6, 6.07) is 0. The molecule has 0 aliphatic heterocycles. The van der Waals surface area contributed by atoms with E-state index < -0.39 is 0 Å². The molecule has 0 heterocycles. The van der Waals surface area contributed by atoms with Crippen molar-refractivity contribution in [1.29, 1.82) is 0 Å². The summed E-state index contributed by atoms with van der Waals surface area (Å²) in [6.45, 7) is 11.7. The summed E-state index contributed by atoms with van der Waals surface area (Å²) < 4.78 is 0. The Hall–Kier alpha value is 0. The summed E-state index contributed by atoms with van der Waals surface area (Å²) in [6.07, 6.45) is 11.3. The Labute approximate surface area is 97.8 Å². The minimum Gasteiger partial charge on any atom is -0.0654 e. The van der Waals surface area contributed by atoms with Crippen LogP contribution in [0.5, 0.6) is 0 Å². The molecule has 1 unspecified atom stereocenters. The molecule has 0 aromatic rings. The molecule has 0 saturated heterocycles. The molecule has 15 heavy (non-hydrogen) atoms. The van der Waals surface area contributed by atoms with Gasteiger partial charge in [0.05, 0.1) is 0 Å². The van der Waals surface area contributed by atoms with Crippen molar-refractivity contribution in [1.82, 2.24) is 0 Å². The van der Waals surface area contributed by atoms with E-state index in [4.69, 9.17) is 0 Å². The fourth-order valence-electron chi connectivity index (χ4n) is 2.39. The third-order valence-electron chi connectivity index (χ3n) is 3.08. The van der Waals surface area contributed by atoms with E-state index in [1.54, 1.807) is 0 Å². The molecule has 0 bridgehead atoms. The predicted molar refractivity (Wildman–Crippen MR) is 71.2 cm³/mol. The Balaban J connectivity index is 3.84. The van der Waals surface area contributed by atoms with Crippen molar-refractivity contribution in [2.24, 2.45) is 11.3 Å². The topological polar surface area (TPSA) is 0 Å². The Bertz CT molecular complexity index is 129. The highest BCUT2D eigenvalue weighted by molar-refractivity contribution is 4.69. The van der Waals surface area contributed by atoms with Gasteiger partial charge in [-0.05, 0) is 17.8 Å². The molecule has 0 aliphatic carbocycles. The summed E-state index contributed by atoms with van der Waals surface area (Å²) in [5.74, 6) is 0.983. The van der Waals surface area contributed by atoms with Gasteiger partial charge in [-0.3, -0.25) is 0 Å². The van der Waals surface area contributed by atoms with Crippen molar-refractivity contribution in [3.63, 3.8) is 0 Å². The average molecular weight is 212 g/mol. The zero-order valence-electron chi connectivity index (χ0n) is 11.7. The zero-order valence-corrected chi connectivity index (χ0v) is 11.7. The van der Waals surface area contributed by atoms with Gasteiger partial charge in [-0.2, -0.15) is 0 Å². The Morgan fingerprint density at radius 1 is 0.800 bits per heavy atom. The molecule has 92 valence electrons. The van der Waals surface area contributed by atoms with Gasteiger partial charge >= 0.3 is 0 Å². The molecular formula is C15H32. The quantitative estimate of drug-likeness (QED) is 0.445. The third-order valence-corrected chi connectivity index (χ3v) is 3.08. The highest BCUT2D eigenvalue weighted by Gasteiger charge is 2.17. The Morgan fingerprint density at radius 2 is 1.33 bits per heavy atom. The van der Waals surface area contributed by atoms with E-state index in [9.17, 15) is 0 Å². The second-order valence-corrected chi connectivity index (χ2v) is 6.27. The van der Waals surface area contributed by atoms with Crippen LogP contribution < -0.4 is 0 Å². The fourth-order valence-corrected chi connectivity index (χ4v) is 2.39. The molecular weight excluding hydrogens is 180 g/mol. The van der Waals surface area contributed by atoms with E-state index in [0.29, 0.717) is 5.41 Å². The summed E-state index contributed by atoms with van der Waals surface area (Å²) in [4.78, 5) is 0. The molecule has 0 heteroatoms. The van der Waals surface area contributed by atoms with Gasteiger partial charge < -0.3 is 0 Å². The molecule has 0 radical (unpaired) electrons. The van der Waals surface area contributed by atoms with Crippen molar-refractivity contribution in [2.45, 2.75) is 86.0 Å². The molecule has 0 aliphatic rings. The van der Waals surface area contributed by atoms with Crippen molar-refractivity contribution < 1.29 is 0 Å². The van der Waals surface area contributed by atoms with Gasteiger partial charge in [0, 0.05) is 0 Å². The van der Waals surface area contributed by atoms with Crippen LogP contribution in [0.15, 0.2) is 0 Å². The van der Waals surface area contributed by atoms with E-state index >= 15 is 0 Å². The largest absolute Gasteiger partial charge is 0.0654 e. The van der Waals surface area contributed by atoms with Crippen LogP contribution in [0.3, 0.4) is 0 Å². The normalized spacial score (nSPS) is 14.2. The van der Waals surface area contributed by atoms with Crippen molar-refractivity contribution in [3.05, 3.63) is 0 Å². The lowest BCUT2D eigenvalue weighted by atomic mass is 9.80. The maximum absolute atomic E-state index is 2.38. The van der Waals surface area contributed by atoms with Crippen LogP contribution in [-0.4, -0.2) is 0 Å². The van der Waals surface area contributed by atoms with E-state index in [0.717, 1.165) is 5.92 Å².